The summed E-state index contributed by atoms with van der Waals surface area (Å²) in [6, 6.07) is 2.83. The lowest BCUT2D eigenvalue weighted by Crippen LogP contribution is -2.44. The Labute approximate surface area is 112 Å². The van der Waals surface area contributed by atoms with Crippen LogP contribution in [0.5, 0.6) is 0 Å². The third-order valence-corrected chi connectivity index (χ3v) is 3.42. The summed E-state index contributed by atoms with van der Waals surface area (Å²) in [6.45, 7) is 4.75. The Kier molecular flexibility index (Phi) is 5.24. The van der Waals surface area contributed by atoms with Gasteiger partial charge in [-0.2, -0.15) is 0 Å². The Bertz CT molecular complexity index is 397. The predicted molar refractivity (Wildman–Crippen MR) is 70.1 cm³/mol. The molecule has 0 amide bonds. The number of benzene rings is 1. The van der Waals surface area contributed by atoms with Crippen molar-refractivity contribution >= 4 is 0 Å². The first kappa shape index (κ1) is 14.4. The van der Waals surface area contributed by atoms with Crippen LogP contribution in [0.4, 0.5) is 8.78 Å². The lowest BCUT2D eigenvalue weighted by molar-refractivity contribution is 0.177. The smallest absolute Gasteiger partial charge is 0.131 e. The van der Waals surface area contributed by atoms with Crippen LogP contribution in [0.15, 0.2) is 12.1 Å². The molecule has 1 fully saturated rings. The molecule has 1 saturated heterocycles. The van der Waals surface area contributed by atoms with Gasteiger partial charge in [-0.25, -0.2) is 8.78 Å². The molecule has 5 heteroatoms. The molecule has 0 aliphatic carbocycles. The number of rotatable bonds is 5. The second kappa shape index (κ2) is 6.93. The molecule has 1 aliphatic rings. The van der Waals surface area contributed by atoms with E-state index in [2.05, 4.69) is 10.2 Å². The number of methoxy groups -OCH3 is 1. The van der Waals surface area contributed by atoms with E-state index in [1.54, 1.807) is 0 Å². The fourth-order valence-electron chi connectivity index (χ4n) is 2.30. The van der Waals surface area contributed by atoms with Crippen LogP contribution in [0.1, 0.15) is 11.1 Å². The summed E-state index contributed by atoms with van der Waals surface area (Å²) < 4.78 is 32.2. The molecule has 1 aromatic carbocycles. The zero-order valence-corrected chi connectivity index (χ0v) is 11.2. The van der Waals surface area contributed by atoms with Gasteiger partial charge in [-0.1, -0.05) is 0 Å². The molecule has 0 atom stereocenters. The maximum Gasteiger partial charge on any atom is 0.131 e. The SMILES string of the molecule is COCc1c(F)cc(CCN2CCNCC2)cc1F. The van der Waals surface area contributed by atoms with Gasteiger partial charge in [0.1, 0.15) is 11.6 Å². The lowest BCUT2D eigenvalue weighted by Gasteiger charge is -2.27. The van der Waals surface area contributed by atoms with Gasteiger partial charge in [0.25, 0.3) is 0 Å². The topological polar surface area (TPSA) is 24.5 Å². The maximum absolute atomic E-state index is 13.7. The van der Waals surface area contributed by atoms with Crippen LogP contribution < -0.4 is 5.32 Å². The van der Waals surface area contributed by atoms with Crippen molar-refractivity contribution in [3.63, 3.8) is 0 Å². The fourth-order valence-corrected chi connectivity index (χ4v) is 2.30. The summed E-state index contributed by atoms with van der Waals surface area (Å²) in [7, 11) is 1.43. The first-order valence-corrected chi connectivity index (χ1v) is 6.59. The van der Waals surface area contributed by atoms with Gasteiger partial charge in [0, 0.05) is 45.4 Å². The number of hydrogen-bond donors (Lipinski definition) is 1. The number of nitrogens with zero attached hydrogens (tertiary/aromatic N) is 1. The minimum atomic E-state index is -0.517. The van der Waals surface area contributed by atoms with Crippen LogP contribution in [-0.2, 0) is 17.8 Å². The van der Waals surface area contributed by atoms with Gasteiger partial charge >= 0.3 is 0 Å². The van der Waals surface area contributed by atoms with E-state index >= 15 is 0 Å². The number of halogens is 2. The highest BCUT2D eigenvalue weighted by Crippen LogP contribution is 2.17. The molecule has 0 aromatic heterocycles. The van der Waals surface area contributed by atoms with Gasteiger partial charge in [-0.05, 0) is 24.1 Å². The molecular formula is C14H20F2N2O. The first-order chi connectivity index (χ1) is 9.20. The zero-order chi connectivity index (χ0) is 13.7. The number of piperazine rings is 1. The summed E-state index contributed by atoms with van der Waals surface area (Å²) in [5.74, 6) is -1.03. The van der Waals surface area contributed by atoms with E-state index < -0.39 is 11.6 Å². The number of nitrogens with one attached hydrogen (secondary N) is 1. The van der Waals surface area contributed by atoms with Crippen molar-refractivity contribution < 1.29 is 13.5 Å². The van der Waals surface area contributed by atoms with Crippen molar-refractivity contribution in [2.75, 3.05) is 39.8 Å². The molecule has 0 bridgehead atoms. The number of ether oxygens (including phenoxy) is 1. The summed E-state index contributed by atoms with van der Waals surface area (Å²) in [5, 5.41) is 3.28. The highest BCUT2D eigenvalue weighted by Gasteiger charge is 2.13. The van der Waals surface area contributed by atoms with Crippen molar-refractivity contribution in [1.29, 1.82) is 0 Å². The molecule has 0 spiro atoms. The second-order valence-electron chi connectivity index (χ2n) is 4.81. The Balaban J connectivity index is 1.96. The first-order valence-electron chi connectivity index (χ1n) is 6.59. The van der Waals surface area contributed by atoms with E-state index in [0.29, 0.717) is 12.0 Å². The van der Waals surface area contributed by atoms with Crippen LogP contribution in [0.3, 0.4) is 0 Å². The van der Waals surface area contributed by atoms with Crippen LogP contribution >= 0.6 is 0 Å². The summed E-state index contributed by atoms with van der Waals surface area (Å²) in [4.78, 5) is 2.30. The highest BCUT2D eigenvalue weighted by atomic mass is 19.1. The van der Waals surface area contributed by atoms with Gasteiger partial charge < -0.3 is 15.0 Å². The van der Waals surface area contributed by atoms with Crippen molar-refractivity contribution in [3.8, 4) is 0 Å². The van der Waals surface area contributed by atoms with Crippen LogP contribution in [0, 0.1) is 11.6 Å². The van der Waals surface area contributed by atoms with Gasteiger partial charge in [-0.15, -0.1) is 0 Å². The third kappa shape index (κ3) is 3.96. The van der Waals surface area contributed by atoms with E-state index in [-0.39, 0.29) is 12.2 Å². The molecule has 0 radical (unpaired) electrons. The van der Waals surface area contributed by atoms with E-state index in [9.17, 15) is 8.78 Å². The average Bonchev–Trinajstić information content (AvgIpc) is 2.42. The Hall–Kier alpha value is -1.04. The Morgan fingerprint density at radius 3 is 2.42 bits per heavy atom. The molecule has 1 aromatic rings. The van der Waals surface area contributed by atoms with Crippen molar-refractivity contribution in [2.45, 2.75) is 13.0 Å². The molecule has 2 rings (SSSR count). The summed E-state index contributed by atoms with van der Waals surface area (Å²) in [5.41, 5.74) is 0.710. The standard InChI is InChI=1S/C14H20F2N2O/c1-19-10-12-13(15)8-11(9-14(12)16)2-5-18-6-3-17-4-7-18/h8-9,17H,2-7,10H2,1H3. The Morgan fingerprint density at radius 1 is 1.21 bits per heavy atom. The molecule has 1 heterocycles. The molecule has 3 nitrogen and oxygen atoms in total. The average molecular weight is 270 g/mol. The largest absolute Gasteiger partial charge is 0.380 e. The second-order valence-corrected chi connectivity index (χ2v) is 4.81. The number of hydrogen-bond acceptors (Lipinski definition) is 3. The summed E-state index contributed by atoms with van der Waals surface area (Å²) >= 11 is 0. The quantitative estimate of drug-likeness (QED) is 0.879. The molecule has 0 saturated carbocycles. The van der Waals surface area contributed by atoms with Crippen LogP contribution in [0.2, 0.25) is 0 Å². The molecule has 19 heavy (non-hydrogen) atoms. The maximum atomic E-state index is 13.7. The van der Waals surface area contributed by atoms with Gasteiger partial charge in [0.2, 0.25) is 0 Å². The monoisotopic (exact) mass is 270 g/mol. The minimum absolute atomic E-state index is 0.00780. The van der Waals surface area contributed by atoms with E-state index in [4.69, 9.17) is 4.74 Å². The predicted octanol–water partition coefficient (Wildman–Crippen LogP) is 1.56. The molecule has 1 N–H and O–H groups in total. The van der Waals surface area contributed by atoms with Crippen molar-refractivity contribution in [2.24, 2.45) is 0 Å². The van der Waals surface area contributed by atoms with Gasteiger partial charge in [0.05, 0.1) is 6.61 Å². The lowest BCUT2D eigenvalue weighted by atomic mass is 10.1. The molecule has 0 unspecified atom stereocenters. The van der Waals surface area contributed by atoms with Crippen LogP contribution in [-0.4, -0.2) is 44.7 Å². The van der Waals surface area contributed by atoms with Crippen LogP contribution in [0.25, 0.3) is 0 Å². The van der Waals surface area contributed by atoms with E-state index in [0.717, 1.165) is 32.7 Å². The zero-order valence-electron chi connectivity index (χ0n) is 11.2. The molecule has 106 valence electrons. The van der Waals surface area contributed by atoms with E-state index in [1.165, 1.54) is 19.2 Å². The fraction of sp³-hybridized carbons (Fsp3) is 0.571. The van der Waals surface area contributed by atoms with Crippen molar-refractivity contribution in [1.82, 2.24) is 10.2 Å². The molecule has 1 aliphatic heterocycles. The van der Waals surface area contributed by atoms with E-state index in [1.807, 2.05) is 0 Å². The highest BCUT2D eigenvalue weighted by molar-refractivity contribution is 5.26. The van der Waals surface area contributed by atoms with Gasteiger partial charge in [0.15, 0.2) is 0 Å². The summed E-state index contributed by atoms with van der Waals surface area (Å²) in [6.07, 6.45) is 0.668. The normalized spacial score (nSPS) is 16.8. The minimum Gasteiger partial charge on any atom is -0.380 e. The van der Waals surface area contributed by atoms with Gasteiger partial charge in [-0.3, -0.25) is 0 Å². The third-order valence-electron chi connectivity index (χ3n) is 3.42. The van der Waals surface area contributed by atoms with Crippen molar-refractivity contribution in [3.05, 3.63) is 34.9 Å². The molecular weight excluding hydrogens is 250 g/mol. The Morgan fingerprint density at radius 2 is 1.84 bits per heavy atom.